The number of nitrogens with zero attached hydrogens (tertiary/aromatic N) is 4. The van der Waals surface area contributed by atoms with Gasteiger partial charge in [0.25, 0.3) is 0 Å². The minimum absolute atomic E-state index is 0.300. The van der Waals surface area contributed by atoms with Gasteiger partial charge in [-0.15, -0.1) is 5.10 Å². The molecule has 136 valence electrons. The Balaban J connectivity index is 1.76. The maximum atomic E-state index is 12.1. The molecule has 0 aliphatic carbocycles. The second-order valence-corrected chi connectivity index (χ2v) is 6.33. The maximum absolute atomic E-state index is 12.1. The standard InChI is InChI=1S/C15H24F3N5O/c1-3-11(2)23-9-13(20-21-23)8-22-6-4-12(5-7-22)14(24)19-10-15(16,17)18/h9,11-12H,3-8,10H2,1-2H3,(H,19,24). The average molecular weight is 347 g/mol. The molecule has 1 fully saturated rings. The third kappa shape index (κ3) is 5.47. The highest BCUT2D eigenvalue weighted by atomic mass is 19.4. The van der Waals surface area contributed by atoms with Crippen molar-refractivity contribution in [3.8, 4) is 0 Å². The van der Waals surface area contributed by atoms with E-state index in [4.69, 9.17) is 0 Å². The molecule has 1 aliphatic rings. The lowest BCUT2D eigenvalue weighted by molar-refractivity contribution is -0.141. The van der Waals surface area contributed by atoms with E-state index in [0.717, 1.165) is 12.1 Å². The summed E-state index contributed by atoms with van der Waals surface area (Å²) in [7, 11) is 0. The Morgan fingerprint density at radius 3 is 2.67 bits per heavy atom. The largest absolute Gasteiger partial charge is 0.405 e. The van der Waals surface area contributed by atoms with Crippen LogP contribution in [0.3, 0.4) is 0 Å². The number of hydrogen-bond donors (Lipinski definition) is 1. The van der Waals surface area contributed by atoms with Gasteiger partial charge in [-0.3, -0.25) is 9.69 Å². The van der Waals surface area contributed by atoms with Crippen LogP contribution in [0.5, 0.6) is 0 Å². The Morgan fingerprint density at radius 2 is 2.08 bits per heavy atom. The predicted octanol–water partition coefficient (Wildman–Crippen LogP) is 2.14. The zero-order valence-corrected chi connectivity index (χ0v) is 14.0. The maximum Gasteiger partial charge on any atom is 0.405 e. The van der Waals surface area contributed by atoms with Gasteiger partial charge in [0.2, 0.25) is 5.91 Å². The van der Waals surface area contributed by atoms with Crippen molar-refractivity contribution < 1.29 is 18.0 Å². The predicted molar refractivity (Wildman–Crippen MR) is 82.1 cm³/mol. The fraction of sp³-hybridized carbons (Fsp3) is 0.800. The molecule has 1 amide bonds. The van der Waals surface area contributed by atoms with Gasteiger partial charge in [0.05, 0.1) is 17.9 Å². The smallest absolute Gasteiger partial charge is 0.347 e. The van der Waals surface area contributed by atoms with Crippen molar-refractivity contribution in [2.75, 3.05) is 19.6 Å². The molecule has 0 aromatic carbocycles. The molecule has 0 spiro atoms. The van der Waals surface area contributed by atoms with Gasteiger partial charge in [-0.25, -0.2) is 4.68 Å². The summed E-state index contributed by atoms with van der Waals surface area (Å²) in [6.45, 7) is 4.88. The monoisotopic (exact) mass is 347 g/mol. The molecule has 2 heterocycles. The Hall–Kier alpha value is -1.64. The average Bonchev–Trinajstić information content (AvgIpc) is 3.00. The number of amides is 1. The van der Waals surface area contributed by atoms with E-state index < -0.39 is 18.6 Å². The highest BCUT2D eigenvalue weighted by molar-refractivity contribution is 5.78. The van der Waals surface area contributed by atoms with Gasteiger partial charge in [-0.1, -0.05) is 12.1 Å². The summed E-state index contributed by atoms with van der Waals surface area (Å²) in [4.78, 5) is 13.9. The summed E-state index contributed by atoms with van der Waals surface area (Å²) in [5.41, 5.74) is 0.871. The van der Waals surface area contributed by atoms with Crippen molar-refractivity contribution in [2.45, 2.75) is 51.9 Å². The molecule has 0 bridgehead atoms. The van der Waals surface area contributed by atoms with Crippen LogP contribution in [0.2, 0.25) is 0 Å². The molecule has 24 heavy (non-hydrogen) atoms. The third-order valence-electron chi connectivity index (χ3n) is 4.41. The normalized spacial score (nSPS) is 18.5. The highest BCUT2D eigenvalue weighted by Crippen LogP contribution is 2.20. The first-order valence-corrected chi connectivity index (χ1v) is 8.26. The van der Waals surface area contributed by atoms with Gasteiger partial charge in [-0.2, -0.15) is 13.2 Å². The molecule has 6 nitrogen and oxygen atoms in total. The van der Waals surface area contributed by atoms with Crippen molar-refractivity contribution in [1.29, 1.82) is 0 Å². The van der Waals surface area contributed by atoms with Crippen LogP contribution < -0.4 is 5.32 Å². The molecule has 1 N–H and O–H groups in total. The number of hydrogen-bond acceptors (Lipinski definition) is 4. The van der Waals surface area contributed by atoms with Crippen molar-refractivity contribution in [3.63, 3.8) is 0 Å². The number of piperidine rings is 1. The van der Waals surface area contributed by atoms with Crippen LogP contribution in [0.4, 0.5) is 13.2 Å². The van der Waals surface area contributed by atoms with Crippen LogP contribution in [-0.4, -0.2) is 51.6 Å². The van der Waals surface area contributed by atoms with Crippen molar-refractivity contribution >= 4 is 5.91 Å². The van der Waals surface area contributed by atoms with E-state index in [1.54, 1.807) is 0 Å². The molecule has 0 saturated carbocycles. The Kier molecular flexibility index (Phi) is 6.20. The number of carbonyl (C=O) groups excluding carboxylic acids is 1. The lowest BCUT2D eigenvalue weighted by Crippen LogP contribution is -2.42. The number of carbonyl (C=O) groups is 1. The van der Waals surface area contributed by atoms with E-state index in [9.17, 15) is 18.0 Å². The summed E-state index contributed by atoms with van der Waals surface area (Å²) in [5, 5.41) is 10.2. The SMILES string of the molecule is CCC(C)n1cc(CN2CCC(C(=O)NCC(F)(F)F)CC2)nn1. The van der Waals surface area contributed by atoms with Gasteiger partial charge < -0.3 is 5.32 Å². The van der Waals surface area contributed by atoms with E-state index in [2.05, 4.69) is 29.1 Å². The Morgan fingerprint density at radius 1 is 1.42 bits per heavy atom. The second-order valence-electron chi connectivity index (χ2n) is 6.33. The first-order valence-electron chi connectivity index (χ1n) is 8.26. The molecule has 2 rings (SSSR count). The number of aromatic nitrogens is 3. The van der Waals surface area contributed by atoms with Gasteiger partial charge in [0.1, 0.15) is 6.54 Å². The molecule has 1 aromatic rings. The van der Waals surface area contributed by atoms with Crippen molar-refractivity contribution in [2.24, 2.45) is 5.92 Å². The number of rotatable bonds is 6. The van der Waals surface area contributed by atoms with Gasteiger partial charge in [0, 0.05) is 12.5 Å². The molecular weight excluding hydrogens is 323 g/mol. The molecule has 1 unspecified atom stereocenters. The fourth-order valence-electron chi connectivity index (χ4n) is 2.70. The molecule has 9 heteroatoms. The van der Waals surface area contributed by atoms with Crippen LogP contribution in [0.1, 0.15) is 44.8 Å². The van der Waals surface area contributed by atoms with Gasteiger partial charge >= 0.3 is 6.18 Å². The summed E-state index contributed by atoms with van der Waals surface area (Å²) < 4.78 is 38.2. The minimum Gasteiger partial charge on any atom is -0.347 e. The zero-order chi connectivity index (χ0) is 17.7. The molecule has 1 aliphatic heterocycles. The van der Waals surface area contributed by atoms with Crippen LogP contribution in [0.15, 0.2) is 6.20 Å². The van der Waals surface area contributed by atoms with E-state index in [0.29, 0.717) is 38.5 Å². The topological polar surface area (TPSA) is 63.1 Å². The number of alkyl halides is 3. The van der Waals surface area contributed by atoms with E-state index in [1.807, 2.05) is 16.2 Å². The first-order chi connectivity index (χ1) is 11.3. The lowest BCUT2D eigenvalue weighted by atomic mass is 9.96. The molecule has 1 aromatic heterocycles. The summed E-state index contributed by atoms with van der Waals surface area (Å²) >= 11 is 0. The zero-order valence-electron chi connectivity index (χ0n) is 14.0. The Bertz CT molecular complexity index is 537. The quantitative estimate of drug-likeness (QED) is 0.856. The van der Waals surface area contributed by atoms with E-state index >= 15 is 0 Å². The van der Waals surface area contributed by atoms with Crippen LogP contribution in [0, 0.1) is 5.92 Å². The van der Waals surface area contributed by atoms with Gasteiger partial charge in [-0.05, 0) is 39.3 Å². The Labute approximate surface area is 139 Å². The molecule has 0 radical (unpaired) electrons. The third-order valence-corrected chi connectivity index (χ3v) is 4.41. The lowest BCUT2D eigenvalue weighted by Gasteiger charge is -2.30. The van der Waals surface area contributed by atoms with Crippen LogP contribution >= 0.6 is 0 Å². The number of halogens is 3. The first kappa shape index (κ1) is 18.7. The molecule has 1 atom stereocenters. The van der Waals surface area contributed by atoms with Crippen LogP contribution in [-0.2, 0) is 11.3 Å². The second kappa shape index (κ2) is 7.96. The molecular formula is C15H24F3N5O. The summed E-state index contributed by atoms with van der Waals surface area (Å²) in [5.74, 6) is -0.853. The summed E-state index contributed by atoms with van der Waals surface area (Å²) in [6, 6.07) is 0.300. The van der Waals surface area contributed by atoms with Crippen molar-refractivity contribution in [1.82, 2.24) is 25.2 Å². The summed E-state index contributed by atoms with van der Waals surface area (Å²) in [6.07, 6.45) is -0.346. The van der Waals surface area contributed by atoms with Crippen LogP contribution in [0.25, 0.3) is 0 Å². The van der Waals surface area contributed by atoms with E-state index in [1.165, 1.54) is 0 Å². The van der Waals surface area contributed by atoms with Crippen molar-refractivity contribution in [3.05, 3.63) is 11.9 Å². The van der Waals surface area contributed by atoms with Gasteiger partial charge in [0.15, 0.2) is 0 Å². The molecule has 1 saturated heterocycles. The number of nitrogens with one attached hydrogen (secondary N) is 1. The minimum atomic E-state index is -4.36. The highest BCUT2D eigenvalue weighted by Gasteiger charge is 2.31. The fourth-order valence-corrected chi connectivity index (χ4v) is 2.70. The number of likely N-dealkylation sites (tertiary alicyclic amines) is 1. The van der Waals surface area contributed by atoms with E-state index in [-0.39, 0.29) is 5.92 Å².